The van der Waals surface area contributed by atoms with Gasteiger partial charge < -0.3 is 5.32 Å². The molecule has 1 aromatic carbocycles. The van der Waals surface area contributed by atoms with E-state index in [2.05, 4.69) is 17.5 Å². The molecule has 1 saturated carbocycles. The fourth-order valence-corrected chi connectivity index (χ4v) is 2.87. The number of nitro benzene ring substituents is 1. The Morgan fingerprint density at radius 3 is 3.00 bits per heavy atom. The predicted molar refractivity (Wildman–Crippen MR) is 65.8 cm³/mol. The van der Waals surface area contributed by atoms with Crippen molar-refractivity contribution in [2.75, 3.05) is 5.32 Å². The minimum atomic E-state index is -0.484. The molecule has 94 valence electrons. The molecule has 0 aromatic heterocycles. The summed E-state index contributed by atoms with van der Waals surface area (Å²) in [6.45, 7) is 0. The summed E-state index contributed by atoms with van der Waals surface area (Å²) < 4.78 is 13.2. The van der Waals surface area contributed by atoms with Gasteiger partial charge in [0.15, 0.2) is 0 Å². The van der Waals surface area contributed by atoms with Gasteiger partial charge in [-0.2, -0.15) is 0 Å². The van der Waals surface area contributed by atoms with Crippen molar-refractivity contribution in [3.63, 3.8) is 0 Å². The second-order valence-electron chi connectivity index (χ2n) is 4.91. The number of nitrogens with zero attached hydrogens (tertiary/aromatic N) is 1. The first kappa shape index (κ1) is 11.2. The molecule has 1 aromatic rings. The van der Waals surface area contributed by atoms with Crippen LogP contribution < -0.4 is 5.32 Å². The molecule has 18 heavy (non-hydrogen) atoms. The van der Waals surface area contributed by atoms with Crippen LogP contribution in [0.15, 0.2) is 30.4 Å². The maximum atomic E-state index is 13.2. The van der Waals surface area contributed by atoms with Crippen LogP contribution in [0.2, 0.25) is 0 Å². The molecule has 0 radical (unpaired) electrons. The summed E-state index contributed by atoms with van der Waals surface area (Å²) in [7, 11) is 0. The Morgan fingerprint density at radius 2 is 2.28 bits per heavy atom. The van der Waals surface area contributed by atoms with E-state index in [9.17, 15) is 14.5 Å². The topological polar surface area (TPSA) is 55.2 Å². The standard InChI is InChI=1S/C13H13FN2O2/c14-9-4-5-13(16(17)18)12(7-9)15-11-6-8-2-1-3-10(8)11/h1,3-5,7-8,10-11,15H,2,6H2. The SMILES string of the molecule is O=[N+]([O-])c1ccc(F)cc1NC1CC2CC=CC21. The van der Waals surface area contributed by atoms with Crippen LogP contribution in [0.25, 0.3) is 0 Å². The van der Waals surface area contributed by atoms with Gasteiger partial charge in [-0.3, -0.25) is 10.1 Å². The Balaban J connectivity index is 1.81. The van der Waals surface area contributed by atoms with E-state index in [-0.39, 0.29) is 17.4 Å². The fraction of sp³-hybridized carbons (Fsp3) is 0.385. The van der Waals surface area contributed by atoms with Gasteiger partial charge in [-0.05, 0) is 24.8 Å². The molecule has 3 atom stereocenters. The zero-order chi connectivity index (χ0) is 12.7. The summed E-state index contributed by atoms with van der Waals surface area (Å²) in [6, 6.07) is 3.71. The molecule has 4 nitrogen and oxygen atoms in total. The number of nitro groups is 1. The molecular formula is C13H13FN2O2. The average Bonchev–Trinajstić information content (AvgIpc) is 2.67. The molecule has 0 spiro atoms. The van der Waals surface area contributed by atoms with E-state index in [1.54, 1.807) is 0 Å². The molecule has 2 aliphatic rings. The van der Waals surface area contributed by atoms with Gasteiger partial charge in [0.1, 0.15) is 11.5 Å². The lowest BCUT2D eigenvalue weighted by Crippen LogP contribution is -2.43. The third-order valence-corrected chi connectivity index (χ3v) is 3.86. The number of halogens is 1. The largest absolute Gasteiger partial charge is 0.376 e. The average molecular weight is 248 g/mol. The number of rotatable bonds is 3. The van der Waals surface area contributed by atoms with E-state index >= 15 is 0 Å². The number of anilines is 1. The summed E-state index contributed by atoms with van der Waals surface area (Å²) >= 11 is 0. The summed E-state index contributed by atoms with van der Waals surface area (Å²) in [6.07, 6.45) is 6.38. The van der Waals surface area contributed by atoms with Gasteiger partial charge in [0.2, 0.25) is 0 Å². The number of nitrogens with one attached hydrogen (secondary N) is 1. The maximum absolute atomic E-state index is 13.2. The Labute approximate surface area is 104 Å². The maximum Gasteiger partial charge on any atom is 0.292 e. The van der Waals surface area contributed by atoms with Crippen LogP contribution in [0.1, 0.15) is 12.8 Å². The van der Waals surface area contributed by atoms with Gasteiger partial charge in [0, 0.05) is 24.1 Å². The second kappa shape index (κ2) is 4.08. The summed E-state index contributed by atoms with van der Waals surface area (Å²) in [5.74, 6) is 0.643. The molecule has 0 saturated heterocycles. The van der Waals surface area contributed by atoms with Crippen molar-refractivity contribution in [3.8, 4) is 0 Å². The summed E-state index contributed by atoms with van der Waals surface area (Å²) in [5, 5.41) is 14.0. The van der Waals surface area contributed by atoms with Gasteiger partial charge in [0.25, 0.3) is 5.69 Å². The summed E-state index contributed by atoms with van der Waals surface area (Å²) in [4.78, 5) is 10.4. The van der Waals surface area contributed by atoms with E-state index in [0.29, 0.717) is 11.8 Å². The molecule has 2 aliphatic carbocycles. The molecule has 0 heterocycles. The molecule has 1 N–H and O–H groups in total. The van der Waals surface area contributed by atoms with Crippen molar-refractivity contribution in [1.82, 2.24) is 0 Å². The van der Waals surface area contributed by atoms with Crippen LogP contribution in [0, 0.1) is 27.8 Å². The molecule has 3 rings (SSSR count). The molecule has 5 heteroatoms. The van der Waals surface area contributed by atoms with Crippen LogP contribution in [-0.2, 0) is 0 Å². The Hall–Kier alpha value is -1.91. The number of fused-ring (bicyclic) bond motifs is 1. The smallest absolute Gasteiger partial charge is 0.292 e. The van der Waals surface area contributed by atoms with Gasteiger partial charge in [-0.15, -0.1) is 0 Å². The third kappa shape index (κ3) is 1.75. The first-order valence-electron chi connectivity index (χ1n) is 6.02. The van der Waals surface area contributed by atoms with E-state index in [0.717, 1.165) is 18.9 Å². The van der Waals surface area contributed by atoms with Crippen molar-refractivity contribution in [2.24, 2.45) is 11.8 Å². The molecule has 3 unspecified atom stereocenters. The number of benzene rings is 1. The molecule has 0 amide bonds. The van der Waals surface area contributed by atoms with E-state index < -0.39 is 10.7 Å². The highest BCUT2D eigenvalue weighted by molar-refractivity contribution is 5.62. The van der Waals surface area contributed by atoms with E-state index in [1.165, 1.54) is 12.1 Å². The van der Waals surface area contributed by atoms with Crippen LogP contribution in [0.4, 0.5) is 15.8 Å². The first-order valence-corrected chi connectivity index (χ1v) is 6.02. The second-order valence-corrected chi connectivity index (χ2v) is 4.91. The molecule has 0 aliphatic heterocycles. The minimum absolute atomic E-state index is 0.0678. The normalized spacial score (nSPS) is 28.6. The number of hydrogen-bond donors (Lipinski definition) is 1. The van der Waals surface area contributed by atoms with Crippen LogP contribution >= 0.6 is 0 Å². The predicted octanol–water partition coefficient (Wildman–Crippen LogP) is 3.11. The Bertz CT molecular complexity index is 530. The van der Waals surface area contributed by atoms with E-state index in [4.69, 9.17) is 0 Å². The minimum Gasteiger partial charge on any atom is -0.376 e. The van der Waals surface area contributed by atoms with Crippen molar-refractivity contribution >= 4 is 11.4 Å². The zero-order valence-electron chi connectivity index (χ0n) is 9.67. The van der Waals surface area contributed by atoms with Crippen molar-refractivity contribution in [3.05, 3.63) is 46.3 Å². The number of hydrogen-bond acceptors (Lipinski definition) is 3. The highest BCUT2D eigenvalue weighted by Gasteiger charge is 2.41. The molecule has 1 fully saturated rings. The van der Waals surface area contributed by atoms with Gasteiger partial charge in [0.05, 0.1) is 4.92 Å². The number of allylic oxidation sites excluding steroid dienone is 1. The van der Waals surface area contributed by atoms with Gasteiger partial charge in [-0.25, -0.2) is 4.39 Å². The quantitative estimate of drug-likeness (QED) is 0.508. The van der Waals surface area contributed by atoms with Crippen LogP contribution in [-0.4, -0.2) is 11.0 Å². The zero-order valence-corrected chi connectivity index (χ0v) is 9.67. The third-order valence-electron chi connectivity index (χ3n) is 3.86. The Kier molecular flexibility index (Phi) is 2.54. The van der Waals surface area contributed by atoms with Crippen molar-refractivity contribution < 1.29 is 9.31 Å². The van der Waals surface area contributed by atoms with Crippen LogP contribution in [0.3, 0.4) is 0 Å². The first-order chi connectivity index (χ1) is 8.65. The fourth-order valence-electron chi connectivity index (χ4n) is 2.87. The van der Waals surface area contributed by atoms with Gasteiger partial charge >= 0.3 is 0 Å². The van der Waals surface area contributed by atoms with Gasteiger partial charge in [-0.1, -0.05) is 12.2 Å². The monoisotopic (exact) mass is 248 g/mol. The van der Waals surface area contributed by atoms with E-state index in [1.807, 2.05) is 0 Å². The highest BCUT2D eigenvalue weighted by Crippen LogP contribution is 2.44. The molecular weight excluding hydrogens is 235 g/mol. The molecule has 0 bridgehead atoms. The van der Waals surface area contributed by atoms with Crippen LogP contribution in [0.5, 0.6) is 0 Å². The lowest BCUT2D eigenvalue weighted by molar-refractivity contribution is -0.384. The highest BCUT2D eigenvalue weighted by atomic mass is 19.1. The lowest BCUT2D eigenvalue weighted by atomic mass is 9.71. The van der Waals surface area contributed by atoms with Crippen molar-refractivity contribution in [2.45, 2.75) is 18.9 Å². The lowest BCUT2D eigenvalue weighted by Gasteiger charge is -2.41. The summed E-state index contributed by atoms with van der Waals surface area (Å²) in [5.41, 5.74) is 0.213. The Morgan fingerprint density at radius 1 is 1.44 bits per heavy atom. The van der Waals surface area contributed by atoms with Crippen molar-refractivity contribution in [1.29, 1.82) is 0 Å².